The molecule has 0 amide bonds. The Morgan fingerprint density at radius 1 is 1.22 bits per heavy atom. The molecule has 94 valence electrons. The largest absolute Gasteiger partial charge is 0.399 e. The normalized spacial score (nSPS) is 12.4. The third kappa shape index (κ3) is 2.81. The minimum Gasteiger partial charge on any atom is -0.399 e. The van der Waals surface area contributed by atoms with Gasteiger partial charge in [0.05, 0.1) is 6.10 Å². The third-order valence-electron chi connectivity index (χ3n) is 2.75. The fourth-order valence-electron chi connectivity index (χ4n) is 1.80. The zero-order valence-electron chi connectivity index (χ0n) is 9.61. The number of nitrogen functional groups attached to an aromatic ring is 1. The zero-order valence-corrected chi connectivity index (χ0v) is 10.4. The van der Waals surface area contributed by atoms with Crippen molar-refractivity contribution in [2.45, 2.75) is 12.5 Å². The standard InChI is InChI=1S/C14H13ClFNO/c15-12-5-2-6-13(16)11(12)8-14(18)9-3-1-4-10(17)7-9/h1-7,14,18H,8,17H2. The van der Waals surface area contributed by atoms with E-state index >= 15 is 0 Å². The Morgan fingerprint density at radius 3 is 2.61 bits per heavy atom. The number of nitrogens with two attached hydrogens (primary N) is 1. The molecule has 0 aliphatic carbocycles. The summed E-state index contributed by atoms with van der Waals surface area (Å²) in [5.41, 5.74) is 7.16. The SMILES string of the molecule is Nc1cccc(C(O)Cc2c(F)cccc2Cl)c1. The maximum Gasteiger partial charge on any atom is 0.127 e. The first-order chi connectivity index (χ1) is 8.58. The first kappa shape index (κ1) is 12.9. The van der Waals surface area contributed by atoms with Crippen molar-refractivity contribution in [3.05, 3.63) is 64.4 Å². The fourth-order valence-corrected chi connectivity index (χ4v) is 2.04. The molecule has 0 radical (unpaired) electrons. The maximum atomic E-state index is 13.6. The molecular weight excluding hydrogens is 253 g/mol. The molecule has 4 heteroatoms. The van der Waals surface area contributed by atoms with Crippen LogP contribution in [0.2, 0.25) is 5.02 Å². The van der Waals surface area contributed by atoms with Crippen LogP contribution < -0.4 is 5.73 Å². The summed E-state index contributed by atoms with van der Waals surface area (Å²) in [6.45, 7) is 0. The van der Waals surface area contributed by atoms with Gasteiger partial charge in [0, 0.05) is 22.7 Å². The van der Waals surface area contributed by atoms with Crippen LogP contribution in [0.5, 0.6) is 0 Å². The Kier molecular flexibility index (Phi) is 3.84. The van der Waals surface area contributed by atoms with Crippen LogP contribution in [-0.4, -0.2) is 5.11 Å². The lowest BCUT2D eigenvalue weighted by molar-refractivity contribution is 0.177. The predicted molar refractivity (Wildman–Crippen MR) is 70.9 cm³/mol. The van der Waals surface area contributed by atoms with Crippen molar-refractivity contribution in [2.24, 2.45) is 0 Å². The van der Waals surface area contributed by atoms with E-state index < -0.39 is 11.9 Å². The molecule has 1 unspecified atom stereocenters. The Labute approximate surface area is 110 Å². The van der Waals surface area contributed by atoms with Gasteiger partial charge < -0.3 is 10.8 Å². The Bertz CT molecular complexity index is 539. The summed E-state index contributed by atoms with van der Waals surface area (Å²) in [7, 11) is 0. The number of halogens is 2. The minimum absolute atomic E-state index is 0.120. The summed E-state index contributed by atoms with van der Waals surface area (Å²) < 4.78 is 13.6. The fraction of sp³-hybridized carbons (Fsp3) is 0.143. The second-order valence-corrected chi connectivity index (χ2v) is 4.50. The van der Waals surface area contributed by atoms with Crippen molar-refractivity contribution in [3.63, 3.8) is 0 Å². The lowest BCUT2D eigenvalue weighted by Crippen LogP contribution is -2.04. The van der Waals surface area contributed by atoms with Crippen LogP contribution in [-0.2, 0) is 6.42 Å². The number of anilines is 1. The van der Waals surface area contributed by atoms with Gasteiger partial charge >= 0.3 is 0 Å². The molecule has 0 fully saturated rings. The summed E-state index contributed by atoms with van der Waals surface area (Å²) in [6, 6.07) is 11.4. The average Bonchev–Trinajstić information content (AvgIpc) is 2.34. The Balaban J connectivity index is 2.24. The van der Waals surface area contributed by atoms with E-state index in [1.807, 2.05) is 0 Å². The number of aliphatic hydroxyl groups excluding tert-OH is 1. The number of hydrogen-bond donors (Lipinski definition) is 2. The van der Waals surface area contributed by atoms with Gasteiger partial charge in [-0.05, 0) is 29.8 Å². The molecule has 0 spiro atoms. The molecule has 2 nitrogen and oxygen atoms in total. The predicted octanol–water partition coefficient (Wildman–Crippen LogP) is 3.34. The highest BCUT2D eigenvalue weighted by atomic mass is 35.5. The Hall–Kier alpha value is -1.58. The summed E-state index contributed by atoms with van der Waals surface area (Å²) >= 11 is 5.92. The maximum absolute atomic E-state index is 13.6. The van der Waals surface area contributed by atoms with Gasteiger partial charge in [-0.2, -0.15) is 0 Å². The van der Waals surface area contributed by atoms with E-state index in [9.17, 15) is 9.50 Å². The van der Waals surface area contributed by atoms with Gasteiger partial charge in [-0.25, -0.2) is 4.39 Å². The summed E-state index contributed by atoms with van der Waals surface area (Å²) in [5, 5.41) is 10.4. The van der Waals surface area contributed by atoms with E-state index in [4.69, 9.17) is 17.3 Å². The molecule has 0 bridgehead atoms. The van der Waals surface area contributed by atoms with Crippen LogP contribution in [0.15, 0.2) is 42.5 Å². The lowest BCUT2D eigenvalue weighted by atomic mass is 10.0. The van der Waals surface area contributed by atoms with E-state index in [2.05, 4.69) is 0 Å². The van der Waals surface area contributed by atoms with Gasteiger partial charge in [0.15, 0.2) is 0 Å². The number of rotatable bonds is 3. The summed E-state index contributed by atoms with van der Waals surface area (Å²) in [4.78, 5) is 0. The monoisotopic (exact) mass is 265 g/mol. The van der Waals surface area contributed by atoms with Crippen LogP contribution in [0.25, 0.3) is 0 Å². The van der Waals surface area contributed by atoms with E-state index in [1.54, 1.807) is 30.3 Å². The van der Waals surface area contributed by atoms with Crippen LogP contribution in [0.1, 0.15) is 17.2 Å². The molecule has 0 aromatic heterocycles. The highest BCUT2D eigenvalue weighted by Gasteiger charge is 2.14. The number of hydrogen-bond acceptors (Lipinski definition) is 2. The first-order valence-electron chi connectivity index (χ1n) is 5.54. The molecule has 0 heterocycles. The molecule has 18 heavy (non-hydrogen) atoms. The van der Waals surface area contributed by atoms with Crippen molar-refractivity contribution in [3.8, 4) is 0 Å². The number of benzene rings is 2. The highest BCUT2D eigenvalue weighted by molar-refractivity contribution is 6.31. The molecule has 0 aliphatic rings. The van der Waals surface area contributed by atoms with Gasteiger partial charge in [0.1, 0.15) is 5.82 Å². The number of aliphatic hydroxyl groups is 1. The van der Waals surface area contributed by atoms with Gasteiger partial charge in [-0.3, -0.25) is 0 Å². The molecule has 0 saturated heterocycles. The van der Waals surface area contributed by atoms with Crippen molar-refractivity contribution in [2.75, 3.05) is 5.73 Å². The molecule has 1 atom stereocenters. The second-order valence-electron chi connectivity index (χ2n) is 4.09. The molecule has 2 rings (SSSR count). The topological polar surface area (TPSA) is 46.2 Å². The smallest absolute Gasteiger partial charge is 0.127 e. The van der Waals surface area contributed by atoms with Crippen LogP contribution >= 0.6 is 11.6 Å². The Morgan fingerprint density at radius 2 is 1.94 bits per heavy atom. The van der Waals surface area contributed by atoms with Gasteiger partial charge in [-0.15, -0.1) is 0 Å². The van der Waals surface area contributed by atoms with E-state index in [0.717, 1.165) is 0 Å². The van der Waals surface area contributed by atoms with Crippen molar-refractivity contribution >= 4 is 17.3 Å². The highest BCUT2D eigenvalue weighted by Crippen LogP contribution is 2.26. The molecule has 2 aromatic rings. The van der Waals surface area contributed by atoms with Crippen molar-refractivity contribution in [1.82, 2.24) is 0 Å². The van der Waals surface area contributed by atoms with Crippen molar-refractivity contribution < 1.29 is 9.50 Å². The average molecular weight is 266 g/mol. The van der Waals surface area contributed by atoms with Crippen LogP contribution in [0, 0.1) is 5.82 Å². The van der Waals surface area contributed by atoms with Crippen LogP contribution in [0.3, 0.4) is 0 Å². The molecule has 0 saturated carbocycles. The summed E-state index contributed by atoms with van der Waals surface area (Å²) in [6.07, 6.45) is -0.711. The zero-order chi connectivity index (χ0) is 13.1. The molecular formula is C14H13ClFNO. The van der Waals surface area contributed by atoms with E-state index in [-0.39, 0.29) is 6.42 Å². The summed E-state index contributed by atoms with van der Waals surface area (Å²) in [5.74, 6) is -0.412. The third-order valence-corrected chi connectivity index (χ3v) is 3.11. The van der Waals surface area contributed by atoms with Gasteiger partial charge in [-0.1, -0.05) is 29.8 Å². The quantitative estimate of drug-likeness (QED) is 0.836. The first-order valence-corrected chi connectivity index (χ1v) is 5.92. The molecule has 3 N–H and O–H groups in total. The lowest BCUT2D eigenvalue weighted by Gasteiger charge is -2.13. The van der Waals surface area contributed by atoms with Crippen molar-refractivity contribution in [1.29, 1.82) is 0 Å². The molecule has 2 aromatic carbocycles. The minimum atomic E-state index is -0.831. The van der Waals surface area contributed by atoms with Gasteiger partial charge in [0.25, 0.3) is 0 Å². The van der Waals surface area contributed by atoms with E-state index in [1.165, 1.54) is 12.1 Å². The molecule has 0 aliphatic heterocycles. The second kappa shape index (κ2) is 5.38. The van der Waals surface area contributed by atoms with Gasteiger partial charge in [0.2, 0.25) is 0 Å². The van der Waals surface area contributed by atoms with E-state index in [0.29, 0.717) is 21.8 Å². The van der Waals surface area contributed by atoms with Crippen LogP contribution in [0.4, 0.5) is 10.1 Å².